The van der Waals surface area contributed by atoms with Gasteiger partial charge in [-0.15, -0.1) is 12.4 Å². The van der Waals surface area contributed by atoms with E-state index in [1.165, 1.54) is 0 Å². The molecule has 2 bridgehead atoms. The van der Waals surface area contributed by atoms with Gasteiger partial charge in [-0.25, -0.2) is 0 Å². The number of hydrogen-bond donors (Lipinski definition) is 1. The van der Waals surface area contributed by atoms with Gasteiger partial charge in [-0.05, 0) is 49.5 Å². The first-order chi connectivity index (χ1) is 14.1. The van der Waals surface area contributed by atoms with Crippen LogP contribution in [0.1, 0.15) is 34.9 Å². The van der Waals surface area contributed by atoms with Crippen LogP contribution >= 0.6 is 24.0 Å². The molecule has 4 heterocycles. The molecule has 4 aliphatic rings. The summed E-state index contributed by atoms with van der Waals surface area (Å²) in [7, 11) is 2.02. The first kappa shape index (κ1) is 21.3. The molecule has 0 aliphatic carbocycles. The van der Waals surface area contributed by atoms with Gasteiger partial charge < -0.3 is 19.9 Å². The number of carbonyl (C=O) groups excluding carboxylic acids is 1. The maximum absolute atomic E-state index is 13.3. The lowest BCUT2D eigenvalue weighted by Crippen LogP contribution is -2.57. The molecule has 1 amide bonds. The van der Waals surface area contributed by atoms with Gasteiger partial charge in [-0.3, -0.25) is 4.79 Å². The predicted molar refractivity (Wildman–Crippen MR) is 122 cm³/mol. The number of likely N-dealkylation sites (N-methyl/N-ethyl adjacent to an activating group) is 1. The van der Waals surface area contributed by atoms with Crippen molar-refractivity contribution in [1.82, 2.24) is 10.2 Å². The van der Waals surface area contributed by atoms with Crippen LogP contribution in [0.4, 0.5) is 5.69 Å². The zero-order chi connectivity index (χ0) is 20.0. The number of rotatable bonds is 3. The van der Waals surface area contributed by atoms with Gasteiger partial charge in [0.1, 0.15) is 6.10 Å². The fourth-order valence-electron chi connectivity index (χ4n) is 4.90. The Morgan fingerprint density at radius 2 is 1.87 bits per heavy atom. The van der Waals surface area contributed by atoms with Gasteiger partial charge >= 0.3 is 0 Å². The first-order valence-corrected chi connectivity index (χ1v) is 10.8. The molecule has 2 unspecified atom stereocenters. The Kier molecular flexibility index (Phi) is 6.14. The van der Waals surface area contributed by atoms with Gasteiger partial charge in [0.2, 0.25) is 0 Å². The van der Waals surface area contributed by atoms with Crippen LogP contribution in [-0.2, 0) is 0 Å². The van der Waals surface area contributed by atoms with Crippen LogP contribution < -0.4 is 15.0 Å². The minimum atomic E-state index is -0.127. The lowest BCUT2D eigenvalue weighted by molar-refractivity contribution is 0.0617. The quantitative estimate of drug-likeness (QED) is 0.766. The molecule has 6 rings (SSSR count). The van der Waals surface area contributed by atoms with Gasteiger partial charge in [0, 0.05) is 24.7 Å². The molecule has 3 saturated heterocycles. The largest absolute Gasteiger partial charge is 0.481 e. The maximum atomic E-state index is 13.3. The molecule has 3 fully saturated rings. The number of hydrogen-bond acceptors (Lipinski definition) is 4. The van der Waals surface area contributed by atoms with Crippen molar-refractivity contribution in [2.75, 3.05) is 38.1 Å². The van der Waals surface area contributed by atoms with Crippen LogP contribution in [0.5, 0.6) is 5.75 Å². The Balaban J connectivity index is 0.00000218. The third-order valence-corrected chi connectivity index (χ3v) is 6.75. The second-order valence-electron chi connectivity index (χ2n) is 8.42. The molecule has 2 atom stereocenters. The summed E-state index contributed by atoms with van der Waals surface area (Å²) in [5.41, 5.74) is 2.49. The second-order valence-corrected chi connectivity index (χ2v) is 8.85. The highest BCUT2D eigenvalue weighted by Crippen LogP contribution is 2.42. The fourth-order valence-corrected chi connectivity index (χ4v) is 5.11. The average Bonchev–Trinajstić information content (AvgIpc) is 2.75. The van der Waals surface area contributed by atoms with E-state index in [2.05, 4.69) is 27.2 Å². The number of carbonyl (C=O) groups is 1. The highest BCUT2D eigenvalue weighted by Gasteiger charge is 2.36. The van der Waals surface area contributed by atoms with Crippen LogP contribution in [0.3, 0.4) is 0 Å². The highest BCUT2D eigenvalue weighted by molar-refractivity contribution is 6.31. The molecule has 30 heavy (non-hydrogen) atoms. The number of halogens is 2. The first-order valence-electron chi connectivity index (χ1n) is 10.4. The molecular weight excluding hydrogens is 421 g/mol. The van der Waals surface area contributed by atoms with Crippen molar-refractivity contribution in [3.63, 3.8) is 0 Å². The summed E-state index contributed by atoms with van der Waals surface area (Å²) in [6.45, 7) is 3.94. The smallest absolute Gasteiger partial charge is 0.255 e. The van der Waals surface area contributed by atoms with Crippen LogP contribution in [0.2, 0.25) is 5.02 Å². The molecular formula is C23H27Cl2N3O2. The third-order valence-electron chi connectivity index (χ3n) is 6.53. The summed E-state index contributed by atoms with van der Waals surface area (Å²) in [6.07, 6.45) is 2.19. The Morgan fingerprint density at radius 1 is 1.13 bits per heavy atom. The van der Waals surface area contributed by atoms with Gasteiger partial charge in [0.15, 0.2) is 5.75 Å². The van der Waals surface area contributed by atoms with Gasteiger partial charge in [-0.1, -0.05) is 41.9 Å². The van der Waals surface area contributed by atoms with Gasteiger partial charge in [-0.2, -0.15) is 0 Å². The minimum Gasteiger partial charge on any atom is -0.481 e. The number of benzene rings is 2. The fraction of sp³-hybridized carbons (Fsp3) is 0.435. The molecule has 4 aliphatic heterocycles. The van der Waals surface area contributed by atoms with E-state index in [9.17, 15) is 4.79 Å². The predicted octanol–water partition coefficient (Wildman–Crippen LogP) is 4.16. The van der Waals surface area contributed by atoms with Gasteiger partial charge in [0.05, 0.1) is 17.8 Å². The number of ether oxygens (including phenoxy) is 1. The highest BCUT2D eigenvalue weighted by atomic mass is 35.5. The van der Waals surface area contributed by atoms with Gasteiger partial charge in [0.25, 0.3) is 5.91 Å². The SMILES string of the molecule is CN1CC(c2ccccc2)Oc2c(C(=O)NC3CN4CCC3CC4)cc(Cl)cc21.Cl. The molecule has 0 saturated carbocycles. The van der Waals surface area contributed by atoms with E-state index >= 15 is 0 Å². The average molecular weight is 448 g/mol. The topological polar surface area (TPSA) is 44.8 Å². The van der Waals surface area contributed by atoms with E-state index in [0.717, 1.165) is 43.7 Å². The number of amides is 1. The Hall–Kier alpha value is -1.95. The van der Waals surface area contributed by atoms with Crippen LogP contribution in [0.25, 0.3) is 0 Å². The molecule has 160 valence electrons. The maximum Gasteiger partial charge on any atom is 0.255 e. The van der Waals surface area contributed by atoms with Crippen LogP contribution in [0, 0.1) is 5.92 Å². The summed E-state index contributed by atoms with van der Waals surface area (Å²) in [4.78, 5) is 17.8. The third kappa shape index (κ3) is 3.98. The molecule has 5 nitrogen and oxygen atoms in total. The zero-order valence-electron chi connectivity index (χ0n) is 17.0. The van der Waals surface area contributed by atoms with E-state index in [1.54, 1.807) is 6.07 Å². The Labute approximate surface area is 188 Å². The van der Waals surface area contributed by atoms with Crippen LogP contribution in [-0.4, -0.2) is 50.1 Å². The van der Waals surface area contributed by atoms with Crippen LogP contribution in [0.15, 0.2) is 42.5 Å². The molecule has 0 aromatic heterocycles. The number of piperidine rings is 3. The van der Waals surface area contributed by atoms with E-state index in [-0.39, 0.29) is 30.5 Å². The monoisotopic (exact) mass is 447 g/mol. The van der Waals surface area contributed by atoms with E-state index < -0.39 is 0 Å². The lowest BCUT2D eigenvalue weighted by atomic mass is 9.84. The molecule has 0 radical (unpaired) electrons. The van der Waals surface area contributed by atoms with Crippen molar-refractivity contribution in [2.24, 2.45) is 5.92 Å². The van der Waals surface area contributed by atoms with E-state index in [4.69, 9.17) is 16.3 Å². The number of anilines is 1. The summed E-state index contributed by atoms with van der Waals surface area (Å²) in [5.74, 6) is 1.10. The van der Waals surface area contributed by atoms with Crippen molar-refractivity contribution >= 4 is 35.6 Å². The molecule has 2 aromatic rings. The Morgan fingerprint density at radius 3 is 2.53 bits per heavy atom. The van der Waals surface area contributed by atoms with Crippen molar-refractivity contribution in [1.29, 1.82) is 0 Å². The molecule has 0 spiro atoms. The van der Waals surface area contributed by atoms with Crippen molar-refractivity contribution in [2.45, 2.75) is 25.0 Å². The van der Waals surface area contributed by atoms with Crippen molar-refractivity contribution in [3.8, 4) is 5.75 Å². The summed E-state index contributed by atoms with van der Waals surface area (Å²) in [5, 5.41) is 3.83. The Bertz CT molecular complexity index is 916. The summed E-state index contributed by atoms with van der Waals surface area (Å²) in [6, 6.07) is 14.0. The second kappa shape index (κ2) is 8.66. The number of nitrogens with zero attached hydrogens (tertiary/aromatic N) is 2. The zero-order valence-corrected chi connectivity index (χ0v) is 18.6. The van der Waals surface area contributed by atoms with E-state index in [1.807, 2.05) is 31.3 Å². The lowest BCUT2D eigenvalue weighted by Gasteiger charge is -2.45. The molecule has 1 N–H and O–H groups in total. The van der Waals surface area contributed by atoms with Crippen molar-refractivity contribution < 1.29 is 9.53 Å². The molecule has 7 heteroatoms. The minimum absolute atomic E-state index is 0. The normalized spacial score (nSPS) is 26.9. The number of fused-ring (bicyclic) bond motifs is 4. The standard InChI is InChI=1S/C23H26ClN3O2.ClH/c1-26-14-21(16-5-3-2-4-6-16)29-22-18(11-17(24)12-20(22)26)23(28)25-19-13-27-9-7-15(19)8-10-27;/h2-6,11-12,15,19,21H,7-10,13-14H2,1H3,(H,25,28);1H. The number of nitrogens with one attached hydrogen (secondary N) is 1. The van der Waals surface area contributed by atoms with E-state index in [0.29, 0.717) is 28.8 Å². The summed E-state index contributed by atoms with van der Waals surface area (Å²) >= 11 is 6.38. The summed E-state index contributed by atoms with van der Waals surface area (Å²) < 4.78 is 6.38. The van der Waals surface area contributed by atoms with Crippen molar-refractivity contribution in [3.05, 3.63) is 58.6 Å². The molecule has 2 aromatic carbocycles.